The SMILES string of the molecule is O=C(NCS(=O)(=O)O)c1ccc(N2CCCN(CC[C@@H]3OCCc4ccccc43)CC2)cc1. The maximum atomic E-state index is 12.0. The quantitative estimate of drug-likeness (QED) is 0.596. The van der Waals surface area contributed by atoms with Gasteiger partial charge in [0.2, 0.25) is 0 Å². The fourth-order valence-corrected chi connectivity index (χ4v) is 4.86. The summed E-state index contributed by atoms with van der Waals surface area (Å²) < 4.78 is 36.4. The summed E-state index contributed by atoms with van der Waals surface area (Å²) in [6.07, 6.45) is 3.21. The van der Waals surface area contributed by atoms with Crippen LogP contribution in [0.1, 0.15) is 40.4 Å². The number of hydrogen-bond donors (Lipinski definition) is 2. The van der Waals surface area contributed by atoms with Crippen LogP contribution >= 0.6 is 0 Å². The molecule has 0 saturated carbocycles. The lowest BCUT2D eigenvalue weighted by Gasteiger charge is -2.29. The summed E-state index contributed by atoms with van der Waals surface area (Å²) >= 11 is 0. The van der Waals surface area contributed by atoms with Gasteiger partial charge in [-0.05, 0) is 61.2 Å². The highest BCUT2D eigenvalue weighted by molar-refractivity contribution is 7.85. The molecule has 2 heterocycles. The van der Waals surface area contributed by atoms with Crippen molar-refractivity contribution >= 4 is 21.7 Å². The lowest BCUT2D eigenvalue weighted by Crippen LogP contribution is -2.32. The van der Waals surface area contributed by atoms with Gasteiger partial charge in [-0.1, -0.05) is 24.3 Å². The Morgan fingerprint density at radius 1 is 1.06 bits per heavy atom. The number of benzene rings is 2. The molecule has 1 fully saturated rings. The maximum absolute atomic E-state index is 12.0. The number of amides is 1. The molecule has 8 nitrogen and oxygen atoms in total. The molecule has 4 rings (SSSR count). The van der Waals surface area contributed by atoms with Gasteiger partial charge in [0, 0.05) is 37.4 Å². The molecule has 2 N–H and O–H groups in total. The van der Waals surface area contributed by atoms with Gasteiger partial charge < -0.3 is 19.9 Å². The second-order valence-electron chi connectivity index (χ2n) is 8.56. The van der Waals surface area contributed by atoms with E-state index in [4.69, 9.17) is 9.29 Å². The molecule has 9 heteroatoms. The van der Waals surface area contributed by atoms with Crippen molar-refractivity contribution in [3.8, 4) is 0 Å². The van der Waals surface area contributed by atoms with Gasteiger partial charge in [0.05, 0.1) is 12.7 Å². The van der Waals surface area contributed by atoms with Gasteiger partial charge in [-0.15, -0.1) is 0 Å². The first-order chi connectivity index (χ1) is 15.9. The molecule has 1 atom stereocenters. The monoisotopic (exact) mass is 473 g/mol. The molecular formula is C24H31N3O5S. The van der Waals surface area contributed by atoms with Crippen molar-refractivity contribution in [3.63, 3.8) is 0 Å². The number of anilines is 1. The van der Waals surface area contributed by atoms with Crippen LogP contribution in [-0.4, -0.2) is 69.0 Å². The Balaban J connectivity index is 1.28. The summed E-state index contributed by atoms with van der Waals surface area (Å²) in [4.78, 5) is 16.8. The van der Waals surface area contributed by atoms with Crippen LogP contribution in [0.4, 0.5) is 5.69 Å². The smallest absolute Gasteiger partial charge is 0.283 e. The fourth-order valence-electron chi connectivity index (χ4n) is 4.55. The first-order valence-electron chi connectivity index (χ1n) is 11.4. The predicted molar refractivity (Wildman–Crippen MR) is 127 cm³/mol. The van der Waals surface area contributed by atoms with Crippen molar-refractivity contribution in [3.05, 3.63) is 65.2 Å². The molecule has 0 aromatic heterocycles. The van der Waals surface area contributed by atoms with Crippen molar-refractivity contribution < 1.29 is 22.5 Å². The van der Waals surface area contributed by atoms with Crippen LogP contribution in [0.2, 0.25) is 0 Å². The normalized spacial score (nSPS) is 19.5. The van der Waals surface area contributed by atoms with Gasteiger partial charge in [0.15, 0.2) is 0 Å². The third kappa shape index (κ3) is 6.54. The average Bonchev–Trinajstić information content (AvgIpc) is 3.06. The van der Waals surface area contributed by atoms with E-state index in [1.54, 1.807) is 12.1 Å². The minimum Gasteiger partial charge on any atom is -0.373 e. The molecule has 2 aliphatic heterocycles. The van der Waals surface area contributed by atoms with Crippen LogP contribution in [0.3, 0.4) is 0 Å². The molecule has 2 aromatic carbocycles. The van der Waals surface area contributed by atoms with Gasteiger partial charge in [-0.2, -0.15) is 8.42 Å². The number of fused-ring (bicyclic) bond motifs is 1. The largest absolute Gasteiger partial charge is 0.373 e. The highest BCUT2D eigenvalue weighted by Gasteiger charge is 2.22. The highest BCUT2D eigenvalue weighted by Crippen LogP contribution is 2.29. The number of nitrogens with one attached hydrogen (secondary N) is 1. The van der Waals surface area contributed by atoms with Crippen LogP contribution in [-0.2, 0) is 21.3 Å². The number of carbonyl (C=O) groups excluding carboxylic acids is 1. The third-order valence-corrected chi connectivity index (χ3v) is 6.81. The van der Waals surface area contributed by atoms with E-state index in [1.165, 1.54) is 11.1 Å². The van der Waals surface area contributed by atoms with E-state index in [9.17, 15) is 13.2 Å². The second kappa shape index (κ2) is 10.6. The minimum atomic E-state index is -4.24. The van der Waals surface area contributed by atoms with E-state index >= 15 is 0 Å². The van der Waals surface area contributed by atoms with Gasteiger partial charge in [0.25, 0.3) is 16.0 Å². The number of ether oxygens (including phenoxy) is 1. The van der Waals surface area contributed by atoms with E-state index < -0.39 is 21.9 Å². The van der Waals surface area contributed by atoms with Crippen molar-refractivity contribution in [1.82, 2.24) is 10.2 Å². The summed E-state index contributed by atoms with van der Waals surface area (Å²) in [6, 6.07) is 15.7. The van der Waals surface area contributed by atoms with Crippen LogP contribution in [0.25, 0.3) is 0 Å². The standard InChI is InChI=1S/C24H31N3O5S/c28-24(25-18-33(29,30)31)20-6-8-21(9-7-20)27-13-3-12-26(15-16-27)14-10-23-22-5-2-1-4-19(22)11-17-32-23/h1-2,4-9,23H,3,10-18H2,(H,25,28)(H,29,30,31)/t23-/m0/s1. The summed E-state index contributed by atoms with van der Waals surface area (Å²) in [5, 5.41) is 2.19. The van der Waals surface area contributed by atoms with Crippen molar-refractivity contribution in [2.24, 2.45) is 0 Å². The number of hydrogen-bond acceptors (Lipinski definition) is 6. The Morgan fingerprint density at radius 2 is 1.85 bits per heavy atom. The minimum absolute atomic E-state index is 0.175. The summed E-state index contributed by atoms with van der Waals surface area (Å²) in [5.41, 5.74) is 4.13. The lowest BCUT2D eigenvalue weighted by molar-refractivity contribution is 0.0297. The topological polar surface area (TPSA) is 99.2 Å². The van der Waals surface area contributed by atoms with Gasteiger partial charge >= 0.3 is 0 Å². The van der Waals surface area contributed by atoms with E-state index in [1.807, 2.05) is 12.1 Å². The molecule has 0 spiro atoms. The number of rotatable bonds is 7. The Labute approximate surface area is 195 Å². The molecule has 1 amide bonds. The Kier molecular flexibility index (Phi) is 7.64. The molecule has 0 unspecified atom stereocenters. The van der Waals surface area contributed by atoms with Gasteiger partial charge in [-0.3, -0.25) is 9.35 Å². The zero-order chi connectivity index (χ0) is 23.3. The van der Waals surface area contributed by atoms with Crippen LogP contribution in [0.5, 0.6) is 0 Å². The predicted octanol–water partition coefficient (Wildman–Crippen LogP) is 2.48. The zero-order valence-electron chi connectivity index (χ0n) is 18.7. The van der Waals surface area contributed by atoms with Gasteiger partial charge in [-0.25, -0.2) is 0 Å². The van der Waals surface area contributed by atoms with Gasteiger partial charge in [0.1, 0.15) is 5.88 Å². The Morgan fingerprint density at radius 3 is 2.64 bits per heavy atom. The van der Waals surface area contributed by atoms with Crippen molar-refractivity contribution in [2.75, 3.05) is 50.1 Å². The molecule has 0 radical (unpaired) electrons. The molecule has 0 aliphatic carbocycles. The summed E-state index contributed by atoms with van der Waals surface area (Å²) in [5.74, 6) is -1.33. The molecule has 1 saturated heterocycles. The first-order valence-corrected chi connectivity index (χ1v) is 13.0. The van der Waals surface area contributed by atoms with Crippen LogP contribution < -0.4 is 10.2 Å². The first kappa shape index (κ1) is 23.7. The lowest BCUT2D eigenvalue weighted by atomic mass is 9.96. The molecule has 2 aromatic rings. The molecular weight excluding hydrogens is 442 g/mol. The van der Waals surface area contributed by atoms with Crippen molar-refractivity contribution in [1.29, 1.82) is 0 Å². The van der Waals surface area contributed by atoms with E-state index in [-0.39, 0.29) is 6.10 Å². The summed E-state index contributed by atoms with van der Waals surface area (Å²) in [6.45, 7) is 5.63. The molecule has 2 aliphatic rings. The average molecular weight is 474 g/mol. The second-order valence-corrected chi connectivity index (χ2v) is 10.0. The van der Waals surface area contributed by atoms with E-state index in [0.717, 1.165) is 64.3 Å². The van der Waals surface area contributed by atoms with Crippen LogP contribution in [0.15, 0.2) is 48.5 Å². The molecule has 33 heavy (non-hydrogen) atoms. The third-order valence-electron chi connectivity index (χ3n) is 6.30. The fraction of sp³-hybridized carbons (Fsp3) is 0.458. The number of carbonyl (C=O) groups is 1. The van der Waals surface area contributed by atoms with Crippen LogP contribution in [0, 0.1) is 0 Å². The van der Waals surface area contributed by atoms with E-state index in [2.05, 4.69) is 39.4 Å². The number of nitrogens with zero attached hydrogens (tertiary/aromatic N) is 2. The molecule has 178 valence electrons. The Bertz CT molecular complexity index is 1060. The zero-order valence-corrected chi connectivity index (χ0v) is 19.5. The van der Waals surface area contributed by atoms with E-state index in [0.29, 0.717) is 5.56 Å². The molecule has 0 bridgehead atoms. The van der Waals surface area contributed by atoms with Crippen molar-refractivity contribution in [2.45, 2.75) is 25.4 Å². The highest BCUT2D eigenvalue weighted by atomic mass is 32.2. The summed E-state index contributed by atoms with van der Waals surface area (Å²) in [7, 11) is -4.24. The Hall–Kier alpha value is -2.46. The maximum Gasteiger partial charge on any atom is 0.283 e.